The van der Waals surface area contributed by atoms with Gasteiger partial charge >= 0.3 is 0 Å². The zero-order chi connectivity index (χ0) is 17.7. The van der Waals surface area contributed by atoms with Crippen LogP contribution in [-0.4, -0.2) is 0 Å². The van der Waals surface area contributed by atoms with Gasteiger partial charge in [0.25, 0.3) is 0 Å². The second-order valence-electron chi connectivity index (χ2n) is 5.73. The molecule has 128 valence electrons. The second kappa shape index (κ2) is 8.13. The van der Waals surface area contributed by atoms with Crippen LogP contribution in [0.1, 0.15) is 44.2 Å². The maximum absolute atomic E-state index is 14.2. The van der Waals surface area contributed by atoms with Crippen LogP contribution in [0.2, 0.25) is 0 Å². The van der Waals surface area contributed by atoms with E-state index in [0.29, 0.717) is 24.8 Å². The van der Waals surface area contributed by atoms with E-state index in [1.54, 1.807) is 0 Å². The molecule has 0 heterocycles. The van der Waals surface area contributed by atoms with Gasteiger partial charge in [0.15, 0.2) is 11.6 Å². The van der Waals surface area contributed by atoms with Gasteiger partial charge in [-0.05, 0) is 42.5 Å². The highest BCUT2D eigenvalue weighted by Gasteiger charge is 2.15. The van der Waals surface area contributed by atoms with Gasteiger partial charge in [-0.15, -0.1) is 0 Å². The SMILES string of the molecule is CCC/C(F)=C/c1ccc(-c2ccc(CCC)c(F)c2F)cc1F. The van der Waals surface area contributed by atoms with Gasteiger partial charge < -0.3 is 0 Å². The number of hydrogen-bond acceptors (Lipinski definition) is 0. The molecular formula is C20H20F4. The van der Waals surface area contributed by atoms with Crippen LogP contribution in [0.3, 0.4) is 0 Å². The minimum Gasteiger partial charge on any atom is -0.212 e. The van der Waals surface area contributed by atoms with Gasteiger partial charge in [0.1, 0.15) is 11.6 Å². The fourth-order valence-corrected chi connectivity index (χ4v) is 2.57. The van der Waals surface area contributed by atoms with Crippen LogP contribution in [0.25, 0.3) is 17.2 Å². The molecule has 0 spiro atoms. The number of aryl methyl sites for hydroxylation is 1. The minimum absolute atomic E-state index is 0.00388. The van der Waals surface area contributed by atoms with Crippen molar-refractivity contribution in [1.29, 1.82) is 0 Å². The average molecular weight is 336 g/mol. The number of halogens is 4. The van der Waals surface area contributed by atoms with Gasteiger partial charge in [-0.3, -0.25) is 0 Å². The van der Waals surface area contributed by atoms with E-state index in [-0.39, 0.29) is 23.1 Å². The van der Waals surface area contributed by atoms with Crippen LogP contribution >= 0.6 is 0 Å². The van der Waals surface area contributed by atoms with E-state index in [0.717, 1.165) is 12.1 Å². The molecule has 0 radical (unpaired) electrons. The van der Waals surface area contributed by atoms with Gasteiger partial charge in [-0.1, -0.05) is 44.5 Å². The van der Waals surface area contributed by atoms with Crippen molar-refractivity contribution in [2.75, 3.05) is 0 Å². The third kappa shape index (κ3) is 4.05. The van der Waals surface area contributed by atoms with E-state index in [4.69, 9.17) is 0 Å². The van der Waals surface area contributed by atoms with Crippen LogP contribution in [0.4, 0.5) is 17.6 Å². The third-order valence-corrected chi connectivity index (χ3v) is 3.79. The van der Waals surface area contributed by atoms with Crippen LogP contribution in [0.15, 0.2) is 36.2 Å². The second-order valence-corrected chi connectivity index (χ2v) is 5.73. The van der Waals surface area contributed by atoms with Gasteiger partial charge in [0, 0.05) is 11.1 Å². The molecule has 0 atom stereocenters. The summed E-state index contributed by atoms with van der Waals surface area (Å²) in [5, 5.41) is 0. The molecule has 0 N–H and O–H groups in total. The summed E-state index contributed by atoms with van der Waals surface area (Å²) in [6.45, 7) is 3.71. The van der Waals surface area contributed by atoms with Crippen molar-refractivity contribution >= 4 is 6.08 Å². The molecule has 0 aliphatic rings. The van der Waals surface area contributed by atoms with E-state index in [1.807, 2.05) is 13.8 Å². The standard InChI is InChI=1S/C20H20F4/c1-3-5-13-9-10-17(20(24)19(13)23)14-7-8-15(18(22)12-14)11-16(21)6-4-2/h7-12H,3-6H2,1-2H3/b16-11-. The lowest BCUT2D eigenvalue weighted by Gasteiger charge is -2.09. The zero-order valence-electron chi connectivity index (χ0n) is 13.8. The summed E-state index contributed by atoms with van der Waals surface area (Å²) >= 11 is 0. The zero-order valence-corrected chi connectivity index (χ0v) is 13.8. The molecule has 0 unspecified atom stereocenters. The van der Waals surface area contributed by atoms with Gasteiger partial charge in [0.05, 0.1) is 0 Å². The summed E-state index contributed by atoms with van der Waals surface area (Å²) < 4.78 is 55.9. The lowest BCUT2D eigenvalue weighted by molar-refractivity contribution is 0.500. The molecule has 2 rings (SSSR count). The molecule has 0 saturated heterocycles. The summed E-state index contributed by atoms with van der Waals surface area (Å²) in [5.74, 6) is -2.96. The maximum atomic E-state index is 14.2. The van der Waals surface area contributed by atoms with E-state index in [2.05, 4.69) is 0 Å². The number of benzene rings is 2. The molecule has 0 aliphatic carbocycles. The van der Waals surface area contributed by atoms with Gasteiger partial charge in [0.2, 0.25) is 0 Å². The molecule has 0 bridgehead atoms. The van der Waals surface area contributed by atoms with Crippen LogP contribution in [0.5, 0.6) is 0 Å². The third-order valence-electron chi connectivity index (χ3n) is 3.79. The number of hydrogen-bond donors (Lipinski definition) is 0. The highest BCUT2D eigenvalue weighted by Crippen LogP contribution is 2.29. The summed E-state index contributed by atoms with van der Waals surface area (Å²) in [6.07, 6.45) is 3.13. The summed E-state index contributed by atoms with van der Waals surface area (Å²) in [4.78, 5) is 0. The monoisotopic (exact) mass is 336 g/mol. The Morgan fingerprint density at radius 3 is 2.33 bits per heavy atom. The Morgan fingerprint density at radius 2 is 1.71 bits per heavy atom. The van der Waals surface area contributed by atoms with Crippen molar-refractivity contribution in [2.24, 2.45) is 0 Å². The topological polar surface area (TPSA) is 0 Å². The van der Waals surface area contributed by atoms with Crippen molar-refractivity contribution in [3.05, 3.63) is 64.7 Å². The largest absolute Gasteiger partial charge is 0.212 e. The first-order valence-electron chi connectivity index (χ1n) is 8.10. The Hall–Kier alpha value is -2.10. The van der Waals surface area contributed by atoms with E-state index in [1.165, 1.54) is 24.3 Å². The summed E-state index contributed by atoms with van der Waals surface area (Å²) in [5.41, 5.74) is 0.615. The van der Waals surface area contributed by atoms with E-state index in [9.17, 15) is 17.6 Å². The maximum Gasteiger partial charge on any atom is 0.166 e. The van der Waals surface area contributed by atoms with E-state index >= 15 is 0 Å². The average Bonchev–Trinajstić information content (AvgIpc) is 2.54. The first kappa shape index (κ1) is 18.2. The lowest BCUT2D eigenvalue weighted by Crippen LogP contribution is -1.97. The molecule has 0 saturated carbocycles. The van der Waals surface area contributed by atoms with Crippen LogP contribution in [0, 0.1) is 17.5 Å². The number of allylic oxidation sites excluding steroid dienone is 1. The lowest BCUT2D eigenvalue weighted by atomic mass is 9.99. The Balaban J connectivity index is 2.39. The molecule has 0 aromatic heterocycles. The predicted octanol–water partition coefficient (Wildman–Crippen LogP) is 6.83. The summed E-state index contributed by atoms with van der Waals surface area (Å²) in [7, 11) is 0. The molecule has 4 heteroatoms. The van der Waals surface area contributed by atoms with Gasteiger partial charge in [-0.2, -0.15) is 0 Å². The van der Waals surface area contributed by atoms with Crippen molar-refractivity contribution in [3.8, 4) is 11.1 Å². The normalized spacial score (nSPS) is 11.8. The van der Waals surface area contributed by atoms with Crippen molar-refractivity contribution in [2.45, 2.75) is 39.5 Å². The smallest absolute Gasteiger partial charge is 0.166 e. The van der Waals surface area contributed by atoms with Crippen LogP contribution < -0.4 is 0 Å². The first-order valence-corrected chi connectivity index (χ1v) is 8.10. The highest BCUT2D eigenvalue weighted by atomic mass is 19.2. The quantitative estimate of drug-likeness (QED) is 0.507. The van der Waals surface area contributed by atoms with E-state index < -0.39 is 23.3 Å². The first-order chi connectivity index (χ1) is 11.5. The molecular weight excluding hydrogens is 316 g/mol. The Morgan fingerprint density at radius 1 is 0.958 bits per heavy atom. The fraction of sp³-hybridized carbons (Fsp3) is 0.300. The summed E-state index contributed by atoms with van der Waals surface area (Å²) in [6, 6.07) is 6.90. The minimum atomic E-state index is -0.985. The van der Waals surface area contributed by atoms with Crippen LogP contribution in [-0.2, 0) is 6.42 Å². The molecule has 0 nitrogen and oxygen atoms in total. The van der Waals surface area contributed by atoms with Crippen molar-refractivity contribution in [1.82, 2.24) is 0 Å². The van der Waals surface area contributed by atoms with Gasteiger partial charge in [-0.25, -0.2) is 17.6 Å². The Bertz CT molecular complexity index is 748. The van der Waals surface area contributed by atoms with Crippen molar-refractivity contribution < 1.29 is 17.6 Å². The van der Waals surface area contributed by atoms with Crippen molar-refractivity contribution in [3.63, 3.8) is 0 Å². The molecule has 2 aromatic carbocycles. The molecule has 0 fully saturated rings. The molecule has 0 aliphatic heterocycles. The molecule has 24 heavy (non-hydrogen) atoms. The predicted molar refractivity (Wildman–Crippen MR) is 89.7 cm³/mol. The molecule has 2 aromatic rings. The Kier molecular flexibility index (Phi) is 6.18. The number of rotatable bonds is 6. The fourth-order valence-electron chi connectivity index (χ4n) is 2.57. The Labute approximate surface area is 139 Å². The highest BCUT2D eigenvalue weighted by molar-refractivity contribution is 5.67. The molecule has 0 amide bonds.